The zero-order chi connectivity index (χ0) is 22.7. The van der Waals surface area contributed by atoms with Crippen LogP contribution in [0.4, 0.5) is 11.4 Å². The molecule has 1 spiro atoms. The van der Waals surface area contributed by atoms with E-state index in [0.29, 0.717) is 22.7 Å². The number of ether oxygens (including phenoxy) is 2. The summed E-state index contributed by atoms with van der Waals surface area (Å²) in [7, 11) is 0. The Kier molecular flexibility index (Phi) is 4.18. The van der Waals surface area contributed by atoms with Gasteiger partial charge in [-0.3, -0.25) is 0 Å². The molecule has 0 aliphatic carbocycles. The molecular weight excluding hydrogens is 412 g/mol. The van der Waals surface area contributed by atoms with Crippen molar-refractivity contribution in [3.05, 3.63) is 95.1 Å². The van der Waals surface area contributed by atoms with Crippen LogP contribution in [-0.4, -0.2) is 19.1 Å². The van der Waals surface area contributed by atoms with Crippen LogP contribution in [-0.2, 0) is 10.3 Å². The number of rotatable bonds is 3. The summed E-state index contributed by atoms with van der Waals surface area (Å²) < 4.78 is 12.8. The largest absolute Gasteiger partial charge is 0.456 e. The third-order valence-corrected chi connectivity index (χ3v) is 6.82. The molecular formula is C28H24N2O3. The van der Waals surface area contributed by atoms with Gasteiger partial charge in [-0.2, -0.15) is 0 Å². The van der Waals surface area contributed by atoms with Crippen molar-refractivity contribution >= 4 is 28.1 Å². The van der Waals surface area contributed by atoms with Crippen LogP contribution in [0.2, 0.25) is 0 Å². The Morgan fingerprint density at radius 2 is 1.70 bits per heavy atom. The lowest BCUT2D eigenvalue weighted by molar-refractivity contribution is 0.0229. The molecule has 0 fully saturated rings. The summed E-state index contributed by atoms with van der Waals surface area (Å²) in [5, 5.41) is 1.92. The first-order valence-corrected chi connectivity index (χ1v) is 11.3. The lowest BCUT2D eigenvalue weighted by atomic mass is 9.76. The maximum absolute atomic E-state index is 13.1. The highest BCUT2D eigenvalue weighted by molar-refractivity contribution is 6.00. The molecule has 2 aliphatic rings. The standard InChI is InChI=1S/C28H24N2O3/c1-3-30(4-2)19-11-13-23-25(16-19)32-24-14-9-17-15-18(29)10-12-20(17)26(24)28(23)22-8-6-5-7-21(22)27(31)33-28/h5-16H,3-4,29H2,1-2H3. The van der Waals surface area contributed by atoms with Crippen molar-refractivity contribution in [1.29, 1.82) is 0 Å². The van der Waals surface area contributed by atoms with E-state index in [1.807, 2.05) is 60.7 Å². The molecule has 33 heavy (non-hydrogen) atoms. The molecule has 0 aromatic heterocycles. The molecule has 2 aliphatic heterocycles. The van der Waals surface area contributed by atoms with Crippen LogP contribution in [0.3, 0.4) is 0 Å². The monoisotopic (exact) mass is 436 g/mol. The van der Waals surface area contributed by atoms with Gasteiger partial charge < -0.3 is 20.1 Å². The van der Waals surface area contributed by atoms with Crippen molar-refractivity contribution in [3.8, 4) is 11.5 Å². The first-order chi connectivity index (χ1) is 16.1. The molecule has 1 atom stereocenters. The molecule has 2 N–H and O–H groups in total. The zero-order valence-corrected chi connectivity index (χ0v) is 18.6. The predicted octanol–water partition coefficient (Wildman–Crippen LogP) is 5.84. The summed E-state index contributed by atoms with van der Waals surface area (Å²) in [4.78, 5) is 15.4. The fraction of sp³-hybridized carbons (Fsp3) is 0.179. The highest BCUT2D eigenvalue weighted by atomic mass is 16.6. The number of esters is 1. The van der Waals surface area contributed by atoms with Crippen LogP contribution >= 0.6 is 0 Å². The molecule has 0 saturated heterocycles. The van der Waals surface area contributed by atoms with Crippen molar-refractivity contribution in [1.82, 2.24) is 0 Å². The van der Waals surface area contributed by atoms with E-state index < -0.39 is 5.60 Å². The quantitative estimate of drug-likeness (QED) is 0.323. The molecule has 5 nitrogen and oxygen atoms in total. The molecule has 5 heteroatoms. The SMILES string of the molecule is CCN(CC)c1ccc2c(c1)Oc1ccc3cc(N)ccc3c1C21OC(=O)c2ccccc21. The smallest absolute Gasteiger partial charge is 0.340 e. The minimum absolute atomic E-state index is 0.329. The Morgan fingerprint density at radius 3 is 2.52 bits per heavy atom. The lowest BCUT2D eigenvalue weighted by Gasteiger charge is -2.38. The van der Waals surface area contributed by atoms with E-state index >= 15 is 0 Å². The topological polar surface area (TPSA) is 64.8 Å². The fourth-order valence-corrected chi connectivity index (χ4v) is 5.30. The van der Waals surface area contributed by atoms with Crippen LogP contribution in [0.25, 0.3) is 10.8 Å². The van der Waals surface area contributed by atoms with Gasteiger partial charge in [-0.15, -0.1) is 0 Å². The van der Waals surface area contributed by atoms with Gasteiger partial charge in [-0.25, -0.2) is 4.79 Å². The first-order valence-electron chi connectivity index (χ1n) is 11.3. The summed E-state index contributed by atoms with van der Waals surface area (Å²) in [6, 6.07) is 23.5. The molecule has 2 heterocycles. The molecule has 0 amide bonds. The highest BCUT2D eigenvalue weighted by Gasteiger charge is 2.54. The van der Waals surface area contributed by atoms with Crippen molar-refractivity contribution < 1.29 is 14.3 Å². The average molecular weight is 437 g/mol. The Balaban J connectivity index is 1.71. The number of hydrogen-bond acceptors (Lipinski definition) is 5. The Bertz CT molecular complexity index is 1440. The summed E-state index contributed by atoms with van der Waals surface area (Å²) in [6.45, 7) is 6.04. The van der Waals surface area contributed by atoms with Gasteiger partial charge in [0.1, 0.15) is 11.5 Å². The van der Waals surface area contributed by atoms with Gasteiger partial charge in [-0.1, -0.05) is 30.3 Å². The maximum atomic E-state index is 13.1. The Morgan fingerprint density at radius 1 is 0.879 bits per heavy atom. The third-order valence-electron chi connectivity index (χ3n) is 6.82. The molecule has 0 bridgehead atoms. The van der Waals surface area contributed by atoms with Crippen LogP contribution in [0.5, 0.6) is 11.5 Å². The van der Waals surface area contributed by atoms with Gasteiger partial charge in [0.15, 0.2) is 5.60 Å². The van der Waals surface area contributed by atoms with Crippen LogP contribution in [0, 0.1) is 0 Å². The Hall–Kier alpha value is -3.99. The van der Waals surface area contributed by atoms with E-state index in [1.165, 1.54) is 0 Å². The van der Waals surface area contributed by atoms with Gasteiger partial charge in [0.2, 0.25) is 0 Å². The second kappa shape index (κ2) is 7.01. The number of fused-ring (bicyclic) bond motifs is 8. The van der Waals surface area contributed by atoms with Crippen molar-refractivity contribution in [2.24, 2.45) is 0 Å². The van der Waals surface area contributed by atoms with Crippen LogP contribution in [0.1, 0.15) is 40.9 Å². The van der Waals surface area contributed by atoms with Crippen molar-refractivity contribution in [2.45, 2.75) is 19.4 Å². The molecule has 0 radical (unpaired) electrons. The second-order valence-corrected chi connectivity index (χ2v) is 8.49. The maximum Gasteiger partial charge on any atom is 0.340 e. The molecule has 0 saturated carbocycles. The normalized spacial score (nSPS) is 17.8. The number of nitrogens with zero attached hydrogens (tertiary/aromatic N) is 1. The highest BCUT2D eigenvalue weighted by Crippen LogP contribution is 2.58. The molecule has 4 aromatic rings. The fourth-order valence-electron chi connectivity index (χ4n) is 5.30. The summed E-state index contributed by atoms with van der Waals surface area (Å²) >= 11 is 0. The number of nitrogens with two attached hydrogens (primary N) is 1. The van der Waals surface area contributed by atoms with E-state index in [-0.39, 0.29) is 5.97 Å². The van der Waals surface area contributed by atoms with E-state index in [1.54, 1.807) is 0 Å². The zero-order valence-electron chi connectivity index (χ0n) is 18.6. The summed E-state index contributed by atoms with van der Waals surface area (Å²) in [5.74, 6) is 1.05. The summed E-state index contributed by atoms with van der Waals surface area (Å²) in [5.41, 5.74) is 9.81. The van der Waals surface area contributed by atoms with E-state index in [2.05, 4.69) is 30.9 Å². The van der Waals surface area contributed by atoms with Gasteiger partial charge in [0.05, 0.1) is 11.1 Å². The van der Waals surface area contributed by atoms with Crippen LogP contribution < -0.4 is 15.4 Å². The van der Waals surface area contributed by atoms with E-state index in [0.717, 1.165) is 46.2 Å². The minimum atomic E-state index is -1.09. The van der Waals surface area contributed by atoms with Crippen molar-refractivity contribution in [3.63, 3.8) is 0 Å². The number of anilines is 2. The van der Waals surface area contributed by atoms with Crippen LogP contribution in [0.15, 0.2) is 72.8 Å². The second-order valence-electron chi connectivity index (χ2n) is 8.49. The Labute approximate surface area is 192 Å². The van der Waals surface area contributed by atoms with Gasteiger partial charge >= 0.3 is 5.97 Å². The predicted molar refractivity (Wildman–Crippen MR) is 130 cm³/mol. The first kappa shape index (κ1) is 19.7. The number of carbonyl (C=O) groups is 1. The average Bonchev–Trinajstić information content (AvgIpc) is 3.12. The lowest BCUT2D eigenvalue weighted by Crippen LogP contribution is -2.33. The third kappa shape index (κ3) is 2.62. The summed E-state index contributed by atoms with van der Waals surface area (Å²) in [6.07, 6.45) is 0. The number of benzene rings is 4. The number of carbonyl (C=O) groups excluding carboxylic acids is 1. The minimum Gasteiger partial charge on any atom is -0.456 e. The molecule has 4 aromatic carbocycles. The number of nitrogen functional groups attached to an aromatic ring is 1. The van der Waals surface area contributed by atoms with Gasteiger partial charge in [0.25, 0.3) is 0 Å². The molecule has 164 valence electrons. The van der Waals surface area contributed by atoms with E-state index in [4.69, 9.17) is 15.2 Å². The molecule has 6 rings (SSSR count). The van der Waals surface area contributed by atoms with Gasteiger partial charge in [-0.05, 0) is 61.0 Å². The van der Waals surface area contributed by atoms with Crippen molar-refractivity contribution in [2.75, 3.05) is 23.7 Å². The van der Waals surface area contributed by atoms with Gasteiger partial charge in [0, 0.05) is 41.7 Å². The molecule has 1 unspecified atom stereocenters. The number of hydrogen-bond donors (Lipinski definition) is 1. The van der Waals surface area contributed by atoms with E-state index in [9.17, 15) is 4.79 Å².